The van der Waals surface area contributed by atoms with Crippen LogP contribution in [0.2, 0.25) is 0 Å². The van der Waals surface area contributed by atoms with Crippen LogP contribution in [-0.4, -0.2) is 31.1 Å². The lowest BCUT2D eigenvalue weighted by molar-refractivity contribution is -0.118. The van der Waals surface area contributed by atoms with E-state index >= 15 is 0 Å². The summed E-state index contributed by atoms with van der Waals surface area (Å²) in [5.41, 5.74) is 1.34. The van der Waals surface area contributed by atoms with E-state index in [1.54, 1.807) is 30.3 Å². The highest BCUT2D eigenvalue weighted by molar-refractivity contribution is 6.05. The quantitative estimate of drug-likeness (QED) is 0.502. The fraction of sp³-hybridized carbons (Fsp3) is 0.185. The number of rotatable bonds is 8. The number of carbonyl (C=O) groups excluding carboxylic acids is 2. The summed E-state index contributed by atoms with van der Waals surface area (Å²) >= 11 is 0. The molecule has 3 aromatic rings. The Labute approximate surface area is 193 Å². The molecule has 1 saturated heterocycles. The highest BCUT2D eigenvalue weighted by atomic mass is 16.5. The van der Waals surface area contributed by atoms with E-state index in [-0.39, 0.29) is 23.6 Å². The van der Waals surface area contributed by atoms with Gasteiger partial charge in [0.25, 0.3) is 11.8 Å². The molecule has 33 heavy (non-hydrogen) atoms. The largest absolute Gasteiger partial charge is 0.457 e. The molecule has 2 N–H and O–H groups in total. The lowest BCUT2D eigenvalue weighted by Gasteiger charge is -2.14. The van der Waals surface area contributed by atoms with Crippen molar-refractivity contribution in [2.75, 3.05) is 13.2 Å². The molecule has 1 fully saturated rings. The number of carbonyl (C=O) groups is 2. The Morgan fingerprint density at radius 2 is 1.67 bits per heavy atom. The molecular formula is C27H26N2O4. The van der Waals surface area contributed by atoms with Crippen LogP contribution in [0.4, 0.5) is 0 Å². The van der Waals surface area contributed by atoms with Gasteiger partial charge in [0.2, 0.25) is 0 Å². The van der Waals surface area contributed by atoms with Gasteiger partial charge in [-0.25, -0.2) is 0 Å². The van der Waals surface area contributed by atoms with Crippen molar-refractivity contribution in [3.05, 3.63) is 102 Å². The van der Waals surface area contributed by atoms with Gasteiger partial charge in [-0.1, -0.05) is 48.5 Å². The van der Waals surface area contributed by atoms with Crippen molar-refractivity contribution >= 4 is 17.9 Å². The molecule has 168 valence electrons. The maximum atomic E-state index is 13.0. The average molecular weight is 443 g/mol. The van der Waals surface area contributed by atoms with Crippen LogP contribution in [0.15, 0.2) is 90.6 Å². The zero-order chi connectivity index (χ0) is 22.9. The summed E-state index contributed by atoms with van der Waals surface area (Å²) in [6, 6.07) is 25.6. The summed E-state index contributed by atoms with van der Waals surface area (Å²) in [5, 5.41) is 5.63. The molecule has 1 unspecified atom stereocenters. The molecule has 3 aromatic carbocycles. The van der Waals surface area contributed by atoms with Crippen LogP contribution in [0.25, 0.3) is 6.08 Å². The molecule has 0 aromatic heterocycles. The lowest BCUT2D eigenvalue weighted by Crippen LogP contribution is -2.38. The molecular weight excluding hydrogens is 416 g/mol. The molecule has 1 aliphatic rings. The molecule has 1 heterocycles. The van der Waals surface area contributed by atoms with Gasteiger partial charge in [0.05, 0.1) is 6.10 Å². The van der Waals surface area contributed by atoms with Crippen LogP contribution in [0, 0.1) is 0 Å². The summed E-state index contributed by atoms with van der Waals surface area (Å²) in [5.74, 6) is 0.615. The van der Waals surface area contributed by atoms with Crippen molar-refractivity contribution in [1.82, 2.24) is 10.6 Å². The van der Waals surface area contributed by atoms with E-state index in [1.165, 1.54) is 0 Å². The first kappa shape index (κ1) is 22.3. The van der Waals surface area contributed by atoms with Crippen molar-refractivity contribution in [2.45, 2.75) is 18.9 Å². The van der Waals surface area contributed by atoms with Crippen molar-refractivity contribution in [3.8, 4) is 11.5 Å². The highest BCUT2D eigenvalue weighted by Crippen LogP contribution is 2.23. The van der Waals surface area contributed by atoms with Crippen molar-refractivity contribution in [3.63, 3.8) is 0 Å². The third-order valence-corrected chi connectivity index (χ3v) is 5.19. The lowest BCUT2D eigenvalue weighted by atomic mass is 10.1. The Bertz CT molecular complexity index is 1110. The smallest absolute Gasteiger partial charge is 0.267 e. The molecule has 1 aliphatic heterocycles. The number of amides is 2. The standard InChI is InChI=1S/C27H26N2O4/c30-26(21-10-3-1-4-11-21)29-25(27(31)28-19-24-15-8-16-32-24)18-20-9-7-14-23(17-20)33-22-12-5-2-6-13-22/h1-7,9-14,17-18,24H,8,15-16,19H2,(H,28,31)(H,29,30). The van der Waals surface area contributed by atoms with Gasteiger partial charge in [-0.2, -0.15) is 0 Å². The van der Waals surface area contributed by atoms with Gasteiger partial charge in [-0.3, -0.25) is 9.59 Å². The summed E-state index contributed by atoms with van der Waals surface area (Å²) in [7, 11) is 0. The SMILES string of the molecule is O=C(NCC1CCCO1)C(=Cc1cccc(Oc2ccccc2)c1)NC(=O)c1ccccc1. The van der Waals surface area contributed by atoms with Crippen LogP contribution in [0.1, 0.15) is 28.8 Å². The van der Waals surface area contributed by atoms with Gasteiger partial charge in [0.15, 0.2) is 0 Å². The van der Waals surface area contributed by atoms with E-state index in [0.717, 1.165) is 18.4 Å². The molecule has 2 amide bonds. The fourth-order valence-electron chi connectivity index (χ4n) is 3.51. The number of ether oxygens (including phenoxy) is 2. The molecule has 4 rings (SSSR count). The normalized spacial score (nSPS) is 15.6. The van der Waals surface area contributed by atoms with Crippen LogP contribution < -0.4 is 15.4 Å². The summed E-state index contributed by atoms with van der Waals surface area (Å²) < 4.78 is 11.5. The number of para-hydroxylation sites is 1. The van der Waals surface area contributed by atoms with Crippen molar-refractivity contribution in [1.29, 1.82) is 0 Å². The Kier molecular flexibility index (Phi) is 7.51. The maximum absolute atomic E-state index is 13.0. The first-order chi connectivity index (χ1) is 16.2. The van der Waals surface area contributed by atoms with E-state index in [4.69, 9.17) is 9.47 Å². The molecule has 0 aliphatic carbocycles. The molecule has 0 radical (unpaired) electrons. The topological polar surface area (TPSA) is 76.7 Å². The second-order valence-electron chi connectivity index (χ2n) is 7.71. The van der Waals surface area contributed by atoms with E-state index in [0.29, 0.717) is 30.2 Å². The van der Waals surface area contributed by atoms with E-state index in [9.17, 15) is 9.59 Å². The molecule has 0 bridgehead atoms. The molecule has 6 heteroatoms. The first-order valence-corrected chi connectivity index (χ1v) is 11.0. The Morgan fingerprint density at radius 3 is 2.39 bits per heavy atom. The predicted molar refractivity (Wildman–Crippen MR) is 127 cm³/mol. The second kappa shape index (κ2) is 11.1. The van der Waals surface area contributed by atoms with Crippen LogP contribution in [0.3, 0.4) is 0 Å². The van der Waals surface area contributed by atoms with Crippen molar-refractivity contribution in [2.24, 2.45) is 0 Å². The van der Waals surface area contributed by atoms with Crippen LogP contribution >= 0.6 is 0 Å². The van der Waals surface area contributed by atoms with Crippen molar-refractivity contribution < 1.29 is 19.1 Å². The number of nitrogens with one attached hydrogen (secondary N) is 2. The van der Waals surface area contributed by atoms with E-state index in [1.807, 2.05) is 60.7 Å². The third-order valence-electron chi connectivity index (χ3n) is 5.19. The first-order valence-electron chi connectivity index (χ1n) is 11.0. The Hall–Kier alpha value is -3.90. The number of hydrogen-bond acceptors (Lipinski definition) is 4. The van der Waals surface area contributed by atoms with Gasteiger partial charge in [0.1, 0.15) is 17.2 Å². The van der Waals surface area contributed by atoms with E-state index < -0.39 is 0 Å². The minimum Gasteiger partial charge on any atom is -0.457 e. The minimum atomic E-state index is -0.371. The molecule has 0 spiro atoms. The number of benzene rings is 3. The van der Waals surface area contributed by atoms with Gasteiger partial charge < -0.3 is 20.1 Å². The van der Waals surface area contributed by atoms with Gasteiger partial charge in [-0.15, -0.1) is 0 Å². The van der Waals surface area contributed by atoms with Gasteiger partial charge in [-0.05, 0) is 60.9 Å². The van der Waals surface area contributed by atoms with Gasteiger partial charge in [0, 0.05) is 18.7 Å². The zero-order valence-corrected chi connectivity index (χ0v) is 18.2. The summed E-state index contributed by atoms with van der Waals surface area (Å²) in [4.78, 5) is 25.7. The predicted octanol–water partition coefficient (Wildman–Crippen LogP) is 4.55. The maximum Gasteiger partial charge on any atom is 0.267 e. The van der Waals surface area contributed by atoms with Gasteiger partial charge >= 0.3 is 0 Å². The average Bonchev–Trinajstić information content (AvgIpc) is 3.37. The van der Waals surface area contributed by atoms with Crippen LogP contribution in [-0.2, 0) is 9.53 Å². The monoisotopic (exact) mass is 442 g/mol. The fourth-order valence-corrected chi connectivity index (χ4v) is 3.51. The molecule has 1 atom stereocenters. The Balaban J connectivity index is 1.54. The summed E-state index contributed by atoms with van der Waals surface area (Å²) in [6.45, 7) is 1.11. The number of hydrogen-bond donors (Lipinski definition) is 2. The molecule has 6 nitrogen and oxygen atoms in total. The molecule has 0 saturated carbocycles. The second-order valence-corrected chi connectivity index (χ2v) is 7.71. The summed E-state index contributed by atoms with van der Waals surface area (Å²) in [6.07, 6.45) is 3.54. The Morgan fingerprint density at radius 1 is 0.939 bits per heavy atom. The van der Waals surface area contributed by atoms with E-state index in [2.05, 4.69) is 10.6 Å². The van der Waals surface area contributed by atoms with Crippen LogP contribution in [0.5, 0.6) is 11.5 Å². The minimum absolute atomic E-state index is 0.00243. The third kappa shape index (κ3) is 6.54. The zero-order valence-electron chi connectivity index (χ0n) is 18.2. The highest BCUT2D eigenvalue weighted by Gasteiger charge is 2.19.